The highest BCUT2D eigenvalue weighted by atomic mass is 35.5. The summed E-state index contributed by atoms with van der Waals surface area (Å²) in [5.41, 5.74) is 1.99. The number of thioether (sulfide) groups is 1. The van der Waals surface area contributed by atoms with Gasteiger partial charge in [-0.3, -0.25) is 0 Å². The number of rotatable bonds is 5. The highest BCUT2D eigenvalue weighted by molar-refractivity contribution is 7.98. The van der Waals surface area contributed by atoms with E-state index in [2.05, 4.69) is 10.2 Å². The predicted octanol–water partition coefficient (Wildman–Crippen LogP) is 5.05. The van der Waals surface area contributed by atoms with Gasteiger partial charge in [0.2, 0.25) is 0 Å². The third-order valence-electron chi connectivity index (χ3n) is 3.39. The fourth-order valence-electron chi connectivity index (χ4n) is 2.27. The van der Waals surface area contributed by atoms with Gasteiger partial charge in [-0.05, 0) is 48.9 Å². The van der Waals surface area contributed by atoms with Crippen molar-refractivity contribution in [2.24, 2.45) is 0 Å². The molecule has 0 fully saturated rings. The topological polar surface area (TPSA) is 30.7 Å². The molecular formula is C17H15ClFN3S. The van der Waals surface area contributed by atoms with Crippen LogP contribution >= 0.6 is 23.4 Å². The fourth-order valence-corrected chi connectivity index (χ4v) is 3.43. The van der Waals surface area contributed by atoms with Gasteiger partial charge in [0.25, 0.3) is 0 Å². The number of hydrogen-bond acceptors (Lipinski definition) is 3. The van der Waals surface area contributed by atoms with E-state index in [1.165, 1.54) is 12.1 Å². The second kappa shape index (κ2) is 7.15. The van der Waals surface area contributed by atoms with Crippen molar-refractivity contribution in [2.45, 2.75) is 24.4 Å². The fraction of sp³-hybridized carbons (Fsp3) is 0.176. The molecule has 1 aromatic heterocycles. The average molecular weight is 348 g/mol. The Bertz CT molecular complexity index is 802. The highest BCUT2D eigenvalue weighted by Gasteiger charge is 2.13. The van der Waals surface area contributed by atoms with Crippen LogP contribution in [0.2, 0.25) is 5.02 Å². The molecule has 0 saturated carbocycles. The Balaban J connectivity index is 1.82. The van der Waals surface area contributed by atoms with E-state index in [0.29, 0.717) is 0 Å². The highest BCUT2D eigenvalue weighted by Crippen LogP contribution is 2.27. The Morgan fingerprint density at radius 2 is 1.91 bits per heavy atom. The Kier molecular flexibility index (Phi) is 4.98. The van der Waals surface area contributed by atoms with Crippen molar-refractivity contribution in [1.82, 2.24) is 14.8 Å². The van der Waals surface area contributed by atoms with Crippen molar-refractivity contribution >= 4 is 23.4 Å². The molecule has 3 nitrogen and oxygen atoms in total. The molecule has 0 radical (unpaired) electrons. The summed E-state index contributed by atoms with van der Waals surface area (Å²) in [6, 6.07) is 14.1. The third kappa shape index (κ3) is 3.74. The van der Waals surface area contributed by atoms with Gasteiger partial charge in [-0.2, -0.15) is 0 Å². The van der Waals surface area contributed by atoms with Crippen LogP contribution in [0, 0.1) is 5.82 Å². The standard InChI is InChI=1S/C17H15ClFN3S/c1-2-22-16(13-6-8-15(19)9-7-13)20-21-17(22)23-11-12-4-3-5-14(18)10-12/h3-10H,2,11H2,1H3. The van der Waals surface area contributed by atoms with Crippen LogP contribution < -0.4 is 0 Å². The number of halogens is 2. The molecule has 0 unspecified atom stereocenters. The minimum Gasteiger partial charge on any atom is -0.302 e. The van der Waals surface area contributed by atoms with E-state index in [9.17, 15) is 4.39 Å². The predicted molar refractivity (Wildman–Crippen MR) is 92.1 cm³/mol. The molecule has 0 aliphatic rings. The van der Waals surface area contributed by atoms with Gasteiger partial charge in [0.1, 0.15) is 5.82 Å². The second-order valence-electron chi connectivity index (χ2n) is 4.98. The average Bonchev–Trinajstić information content (AvgIpc) is 2.96. The number of nitrogens with zero attached hydrogens (tertiary/aromatic N) is 3. The molecule has 0 saturated heterocycles. The molecule has 0 bridgehead atoms. The smallest absolute Gasteiger partial charge is 0.191 e. The monoisotopic (exact) mass is 347 g/mol. The Morgan fingerprint density at radius 3 is 2.61 bits per heavy atom. The Hall–Kier alpha value is -1.85. The van der Waals surface area contributed by atoms with Crippen LogP contribution in [0.25, 0.3) is 11.4 Å². The third-order valence-corrected chi connectivity index (χ3v) is 4.67. The van der Waals surface area contributed by atoms with Crippen molar-refractivity contribution in [3.8, 4) is 11.4 Å². The zero-order valence-electron chi connectivity index (χ0n) is 12.5. The van der Waals surface area contributed by atoms with Crippen LogP contribution in [0.1, 0.15) is 12.5 Å². The van der Waals surface area contributed by atoms with Gasteiger partial charge in [0, 0.05) is 22.9 Å². The Morgan fingerprint density at radius 1 is 1.13 bits per heavy atom. The molecule has 0 aliphatic heterocycles. The van der Waals surface area contributed by atoms with Crippen LogP contribution in [0.5, 0.6) is 0 Å². The summed E-state index contributed by atoms with van der Waals surface area (Å²) in [5, 5.41) is 10.1. The minimum absolute atomic E-state index is 0.258. The zero-order valence-corrected chi connectivity index (χ0v) is 14.1. The zero-order chi connectivity index (χ0) is 16.2. The summed E-state index contributed by atoms with van der Waals surface area (Å²) in [7, 11) is 0. The molecule has 0 aliphatic carbocycles. The molecule has 3 rings (SSSR count). The van der Waals surface area contributed by atoms with E-state index in [1.54, 1.807) is 23.9 Å². The lowest BCUT2D eigenvalue weighted by Gasteiger charge is -2.07. The lowest BCUT2D eigenvalue weighted by molar-refractivity contribution is 0.627. The van der Waals surface area contributed by atoms with E-state index in [-0.39, 0.29) is 5.82 Å². The maximum Gasteiger partial charge on any atom is 0.191 e. The summed E-state index contributed by atoms with van der Waals surface area (Å²) in [5.74, 6) is 1.26. The maximum absolute atomic E-state index is 13.1. The minimum atomic E-state index is -0.258. The molecule has 2 aromatic carbocycles. The molecular weight excluding hydrogens is 333 g/mol. The molecule has 0 atom stereocenters. The molecule has 0 amide bonds. The van der Waals surface area contributed by atoms with E-state index in [1.807, 2.05) is 35.8 Å². The van der Waals surface area contributed by atoms with Gasteiger partial charge in [-0.15, -0.1) is 10.2 Å². The van der Waals surface area contributed by atoms with Crippen LogP contribution in [-0.4, -0.2) is 14.8 Å². The van der Waals surface area contributed by atoms with Crippen molar-refractivity contribution in [3.05, 3.63) is 64.9 Å². The van der Waals surface area contributed by atoms with E-state index >= 15 is 0 Å². The van der Waals surface area contributed by atoms with E-state index in [4.69, 9.17) is 11.6 Å². The first-order chi connectivity index (χ1) is 11.2. The molecule has 1 heterocycles. The van der Waals surface area contributed by atoms with Gasteiger partial charge in [-0.25, -0.2) is 4.39 Å². The molecule has 6 heteroatoms. The lowest BCUT2D eigenvalue weighted by atomic mass is 10.2. The molecule has 3 aromatic rings. The first-order valence-corrected chi connectivity index (χ1v) is 8.60. The number of hydrogen-bond donors (Lipinski definition) is 0. The maximum atomic E-state index is 13.1. The van der Waals surface area contributed by atoms with Crippen LogP contribution in [0.3, 0.4) is 0 Å². The van der Waals surface area contributed by atoms with Gasteiger partial charge >= 0.3 is 0 Å². The van der Waals surface area contributed by atoms with Crippen molar-refractivity contribution < 1.29 is 4.39 Å². The van der Waals surface area contributed by atoms with Gasteiger partial charge in [0.05, 0.1) is 0 Å². The van der Waals surface area contributed by atoms with Crippen molar-refractivity contribution in [3.63, 3.8) is 0 Å². The summed E-state index contributed by atoms with van der Waals surface area (Å²) < 4.78 is 15.1. The van der Waals surface area contributed by atoms with Crippen LogP contribution in [0.15, 0.2) is 53.7 Å². The second-order valence-corrected chi connectivity index (χ2v) is 6.35. The largest absolute Gasteiger partial charge is 0.302 e. The lowest BCUT2D eigenvalue weighted by Crippen LogP contribution is -2.00. The van der Waals surface area contributed by atoms with Crippen LogP contribution in [-0.2, 0) is 12.3 Å². The van der Waals surface area contributed by atoms with E-state index in [0.717, 1.165) is 39.4 Å². The van der Waals surface area contributed by atoms with Gasteiger partial charge < -0.3 is 4.57 Å². The molecule has 0 N–H and O–H groups in total. The summed E-state index contributed by atoms with van der Waals surface area (Å²) in [4.78, 5) is 0. The van der Waals surface area contributed by atoms with Gasteiger partial charge in [0.15, 0.2) is 11.0 Å². The molecule has 118 valence electrons. The van der Waals surface area contributed by atoms with Crippen LogP contribution in [0.4, 0.5) is 4.39 Å². The Labute approximate surface area is 143 Å². The summed E-state index contributed by atoms with van der Waals surface area (Å²) >= 11 is 7.62. The summed E-state index contributed by atoms with van der Waals surface area (Å²) in [6.45, 7) is 2.79. The van der Waals surface area contributed by atoms with Crippen molar-refractivity contribution in [1.29, 1.82) is 0 Å². The first kappa shape index (κ1) is 16.0. The summed E-state index contributed by atoms with van der Waals surface area (Å²) in [6.07, 6.45) is 0. The molecule has 0 spiro atoms. The van der Waals surface area contributed by atoms with Gasteiger partial charge in [-0.1, -0.05) is 35.5 Å². The number of benzene rings is 2. The quantitative estimate of drug-likeness (QED) is 0.605. The van der Waals surface area contributed by atoms with Crippen molar-refractivity contribution in [2.75, 3.05) is 0 Å². The van der Waals surface area contributed by atoms with E-state index < -0.39 is 0 Å². The normalized spacial score (nSPS) is 10.9. The SMILES string of the molecule is CCn1c(SCc2cccc(Cl)c2)nnc1-c1ccc(F)cc1. The first-order valence-electron chi connectivity index (χ1n) is 7.23. The molecule has 23 heavy (non-hydrogen) atoms. The number of aromatic nitrogens is 3.